The second-order valence-electron chi connectivity index (χ2n) is 8.43. The summed E-state index contributed by atoms with van der Waals surface area (Å²) >= 11 is 1.15. The number of carbonyl (C=O) groups is 2. The fourth-order valence-electron chi connectivity index (χ4n) is 4.22. The Morgan fingerprint density at radius 3 is 2.81 bits per heavy atom. The van der Waals surface area contributed by atoms with Gasteiger partial charge in [-0.3, -0.25) is 19.3 Å². The number of amides is 1. The third kappa shape index (κ3) is 4.98. The molecular formula is C24H27N3O4S. The minimum Gasteiger partial charge on any atom is -0.392 e. The molecule has 32 heavy (non-hydrogen) atoms. The fraction of sp³-hybridized carbons (Fsp3) is 0.375. The molecule has 1 amide bonds. The summed E-state index contributed by atoms with van der Waals surface area (Å²) in [6.07, 6.45) is 0.576. The number of likely N-dealkylation sites (N-methyl/N-ethyl adjacent to an activating group) is 1. The van der Waals surface area contributed by atoms with E-state index in [-0.39, 0.29) is 35.1 Å². The largest absolute Gasteiger partial charge is 0.392 e. The van der Waals surface area contributed by atoms with Crippen LogP contribution in [-0.4, -0.2) is 64.4 Å². The summed E-state index contributed by atoms with van der Waals surface area (Å²) < 4.78 is 0.867. The van der Waals surface area contributed by atoms with E-state index in [1.54, 1.807) is 18.0 Å². The Labute approximate surface area is 190 Å². The first kappa shape index (κ1) is 22.4. The predicted molar refractivity (Wildman–Crippen MR) is 125 cm³/mol. The number of carbonyl (C=O) groups excluding carboxylic acids is 2. The van der Waals surface area contributed by atoms with Crippen LogP contribution in [0.2, 0.25) is 0 Å². The first-order chi connectivity index (χ1) is 15.3. The number of hydrogen-bond acceptors (Lipinski definition) is 6. The van der Waals surface area contributed by atoms with Crippen LogP contribution in [0.15, 0.2) is 47.3 Å². The summed E-state index contributed by atoms with van der Waals surface area (Å²) in [4.78, 5) is 43.3. The van der Waals surface area contributed by atoms with E-state index in [0.29, 0.717) is 18.7 Å². The number of aliphatic hydroxyl groups excluding tert-OH is 1. The summed E-state index contributed by atoms with van der Waals surface area (Å²) in [6, 6.07) is 12.7. The molecule has 0 aliphatic carbocycles. The van der Waals surface area contributed by atoms with Crippen LogP contribution in [0.5, 0.6) is 0 Å². The van der Waals surface area contributed by atoms with Gasteiger partial charge in [0, 0.05) is 32.2 Å². The average Bonchev–Trinajstić information content (AvgIpc) is 3.35. The van der Waals surface area contributed by atoms with Crippen molar-refractivity contribution >= 4 is 33.2 Å². The lowest BCUT2D eigenvalue weighted by Crippen LogP contribution is -2.39. The second-order valence-corrected chi connectivity index (χ2v) is 9.44. The number of aromatic amines is 1. The highest BCUT2D eigenvalue weighted by molar-refractivity contribution is 7.16. The molecule has 1 saturated heterocycles. The van der Waals surface area contributed by atoms with Crippen LogP contribution in [0.25, 0.3) is 10.2 Å². The van der Waals surface area contributed by atoms with Crippen molar-refractivity contribution in [2.45, 2.75) is 31.9 Å². The smallest absolute Gasteiger partial charge is 0.305 e. The summed E-state index contributed by atoms with van der Waals surface area (Å²) in [7, 11) is 1.78. The van der Waals surface area contributed by atoms with Crippen molar-refractivity contribution in [1.29, 1.82) is 0 Å². The van der Waals surface area contributed by atoms with Crippen LogP contribution in [0.4, 0.5) is 0 Å². The minimum atomic E-state index is -0.347. The molecule has 0 bridgehead atoms. The second kappa shape index (κ2) is 9.36. The van der Waals surface area contributed by atoms with Gasteiger partial charge in [-0.05, 0) is 42.7 Å². The number of aromatic nitrogens is 1. The summed E-state index contributed by atoms with van der Waals surface area (Å²) in [5.74, 6) is -0.0749. The van der Waals surface area contributed by atoms with E-state index < -0.39 is 0 Å². The SMILES string of the molecule is CC(=O)c1cccc([C@@H](CN2CC[C@H](O)C2)N(C)C(=O)Cc2ccc3sc(=O)[nH]c3c2)c1. The molecule has 2 N–H and O–H groups in total. The van der Waals surface area contributed by atoms with E-state index in [9.17, 15) is 19.5 Å². The van der Waals surface area contributed by atoms with Crippen LogP contribution in [0.1, 0.15) is 40.9 Å². The zero-order valence-electron chi connectivity index (χ0n) is 18.2. The van der Waals surface area contributed by atoms with E-state index in [0.717, 1.165) is 45.6 Å². The van der Waals surface area contributed by atoms with Crippen molar-refractivity contribution in [2.75, 3.05) is 26.7 Å². The summed E-state index contributed by atoms with van der Waals surface area (Å²) in [5.41, 5.74) is 3.08. The van der Waals surface area contributed by atoms with Gasteiger partial charge in [0.05, 0.1) is 28.8 Å². The van der Waals surface area contributed by atoms with Crippen molar-refractivity contribution < 1.29 is 14.7 Å². The molecule has 2 heterocycles. The first-order valence-electron chi connectivity index (χ1n) is 10.7. The number of nitrogens with one attached hydrogen (secondary N) is 1. The van der Waals surface area contributed by atoms with E-state index in [2.05, 4.69) is 9.88 Å². The number of Topliss-reactive ketones (excluding diaryl/α,β-unsaturated/α-hetero) is 1. The zero-order chi connectivity index (χ0) is 22.8. The van der Waals surface area contributed by atoms with Crippen molar-refractivity contribution in [3.63, 3.8) is 0 Å². The number of hydrogen-bond donors (Lipinski definition) is 2. The maximum atomic E-state index is 13.2. The van der Waals surface area contributed by atoms with Crippen molar-refractivity contribution in [3.05, 3.63) is 68.8 Å². The standard InChI is InChI=1S/C24H27N3O4S/c1-15(28)17-4-3-5-18(12-17)21(14-27-9-8-19(29)13-27)26(2)23(30)11-16-6-7-22-20(10-16)25-24(31)32-22/h3-7,10,12,19,21,29H,8-9,11,13-14H2,1-2H3,(H,25,31)/t19-,21+/m0/s1. The van der Waals surface area contributed by atoms with Crippen LogP contribution in [0.3, 0.4) is 0 Å². The van der Waals surface area contributed by atoms with Gasteiger partial charge in [0.2, 0.25) is 5.91 Å². The number of benzene rings is 2. The highest BCUT2D eigenvalue weighted by Crippen LogP contribution is 2.25. The lowest BCUT2D eigenvalue weighted by Gasteiger charge is -2.32. The van der Waals surface area contributed by atoms with Crippen molar-refractivity contribution in [3.8, 4) is 0 Å². The highest BCUT2D eigenvalue weighted by Gasteiger charge is 2.28. The number of ketones is 1. The third-order valence-electron chi connectivity index (χ3n) is 6.06. The molecule has 1 aromatic heterocycles. The van der Waals surface area contributed by atoms with Crippen LogP contribution < -0.4 is 4.87 Å². The van der Waals surface area contributed by atoms with Gasteiger partial charge in [0.1, 0.15) is 0 Å². The average molecular weight is 454 g/mol. The lowest BCUT2D eigenvalue weighted by molar-refractivity contribution is -0.131. The molecular weight excluding hydrogens is 426 g/mol. The Morgan fingerprint density at radius 2 is 2.09 bits per heavy atom. The van der Waals surface area contributed by atoms with Gasteiger partial charge in [-0.15, -0.1) is 0 Å². The normalized spacial score (nSPS) is 17.5. The number of rotatable bonds is 7. The topological polar surface area (TPSA) is 93.7 Å². The highest BCUT2D eigenvalue weighted by atomic mass is 32.1. The Bertz CT molecular complexity index is 1200. The molecule has 7 nitrogen and oxygen atoms in total. The molecule has 1 aliphatic rings. The number of likely N-dealkylation sites (tertiary alicyclic amines) is 1. The number of nitrogens with zero attached hydrogens (tertiary/aromatic N) is 2. The van der Waals surface area contributed by atoms with Gasteiger partial charge in [-0.1, -0.05) is 35.6 Å². The van der Waals surface area contributed by atoms with E-state index in [4.69, 9.17) is 0 Å². The number of H-pyrrole nitrogens is 1. The molecule has 8 heteroatoms. The summed E-state index contributed by atoms with van der Waals surface area (Å²) in [5, 5.41) is 9.94. The zero-order valence-corrected chi connectivity index (χ0v) is 19.0. The quantitative estimate of drug-likeness (QED) is 0.537. The maximum absolute atomic E-state index is 13.2. The predicted octanol–water partition coefficient (Wildman–Crippen LogP) is 2.60. The molecule has 0 saturated carbocycles. The number of β-amino-alcohol motifs (C(OH)–C–C–N with tert-alkyl or cyclic N) is 1. The minimum absolute atomic E-state index is 0.0192. The van der Waals surface area contributed by atoms with Crippen molar-refractivity contribution in [2.24, 2.45) is 0 Å². The number of thiazole rings is 1. The third-order valence-corrected chi connectivity index (χ3v) is 6.92. The lowest BCUT2D eigenvalue weighted by atomic mass is 10.00. The Morgan fingerprint density at radius 1 is 1.28 bits per heavy atom. The molecule has 168 valence electrons. The Balaban J connectivity index is 1.58. The molecule has 0 spiro atoms. The molecule has 0 unspecified atom stereocenters. The van der Waals surface area contributed by atoms with Crippen LogP contribution >= 0.6 is 11.3 Å². The molecule has 2 atom stereocenters. The first-order valence-corrected chi connectivity index (χ1v) is 11.5. The number of fused-ring (bicyclic) bond motifs is 1. The van der Waals surface area contributed by atoms with Gasteiger partial charge in [0.15, 0.2) is 5.78 Å². The van der Waals surface area contributed by atoms with E-state index >= 15 is 0 Å². The molecule has 3 aromatic rings. The maximum Gasteiger partial charge on any atom is 0.305 e. The monoisotopic (exact) mass is 453 g/mol. The van der Waals surface area contributed by atoms with E-state index in [1.165, 1.54) is 6.92 Å². The fourth-order valence-corrected chi connectivity index (χ4v) is 4.94. The Kier molecular flexibility index (Phi) is 6.55. The molecule has 0 radical (unpaired) electrons. The molecule has 1 aliphatic heterocycles. The number of aliphatic hydroxyl groups is 1. The van der Waals surface area contributed by atoms with Gasteiger partial charge < -0.3 is 15.0 Å². The van der Waals surface area contributed by atoms with Gasteiger partial charge in [-0.25, -0.2) is 0 Å². The van der Waals surface area contributed by atoms with Crippen LogP contribution in [0, 0.1) is 0 Å². The van der Waals surface area contributed by atoms with Gasteiger partial charge in [0.25, 0.3) is 0 Å². The van der Waals surface area contributed by atoms with Gasteiger partial charge >= 0.3 is 4.87 Å². The van der Waals surface area contributed by atoms with Crippen LogP contribution in [-0.2, 0) is 11.2 Å². The van der Waals surface area contributed by atoms with E-state index in [1.807, 2.05) is 36.4 Å². The molecule has 2 aromatic carbocycles. The molecule has 4 rings (SSSR count). The molecule has 1 fully saturated rings. The van der Waals surface area contributed by atoms with Crippen molar-refractivity contribution in [1.82, 2.24) is 14.8 Å². The summed E-state index contributed by atoms with van der Waals surface area (Å²) in [6.45, 7) is 3.46. The Hall–Kier alpha value is -2.81. The van der Waals surface area contributed by atoms with Gasteiger partial charge in [-0.2, -0.15) is 0 Å².